The highest BCUT2D eigenvalue weighted by atomic mass is 32.1. The average Bonchev–Trinajstić information content (AvgIpc) is 3.00. The number of carboxylic acid groups (broad SMARTS) is 1. The Labute approximate surface area is 112 Å². The highest BCUT2D eigenvalue weighted by Crippen LogP contribution is 2.12. The summed E-state index contributed by atoms with van der Waals surface area (Å²) in [5.41, 5.74) is 5.37. The van der Waals surface area contributed by atoms with Crippen LogP contribution < -0.4 is 5.73 Å². The Balaban J connectivity index is 1.96. The summed E-state index contributed by atoms with van der Waals surface area (Å²) in [6.07, 6.45) is 5.04. The minimum atomic E-state index is -1.21. The van der Waals surface area contributed by atoms with Crippen molar-refractivity contribution in [1.29, 1.82) is 0 Å². The van der Waals surface area contributed by atoms with E-state index in [9.17, 15) is 4.79 Å². The molecule has 0 atom stereocenters. The molecule has 0 aliphatic rings. The fourth-order valence-electron chi connectivity index (χ4n) is 1.27. The molecule has 19 heavy (non-hydrogen) atoms. The first-order valence-electron chi connectivity index (χ1n) is 5.27. The third-order valence-electron chi connectivity index (χ3n) is 2.12. The first kappa shape index (κ1) is 13.0. The molecule has 2 aromatic heterocycles. The van der Waals surface area contributed by atoms with E-state index in [1.165, 1.54) is 5.38 Å². The van der Waals surface area contributed by atoms with E-state index in [4.69, 9.17) is 15.7 Å². The fraction of sp³-hybridized carbons (Fsp3) is 0.200. The summed E-state index contributed by atoms with van der Waals surface area (Å²) in [5, 5.41) is 14.4. The number of hydrogen-bond donors (Lipinski definition) is 2. The second-order valence-electron chi connectivity index (χ2n) is 3.45. The van der Waals surface area contributed by atoms with Gasteiger partial charge in [-0.05, 0) is 0 Å². The number of carboxylic acids is 1. The Morgan fingerprint density at radius 1 is 1.63 bits per heavy atom. The van der Waals surface area contributed by atoms with E-state index in [-0.39, 0.29) is 23.1 Å². The quantitative estimate of drug-likeness (QED) is 0.450. The zero-order chi connectivity index (χ0) is 13.7. The van der Waals surface area contributed by atoms with Crippen molar-refractivity contribution >= 4 is 28.1 Å². The number of carbonyl (C=O) groups is 1. The number of nitrogens with zero attached hydrogens (tertiary/aromatic N) is 4. The van der Waals surface area contributed by atoms with Crippen LogP contribution in [0.5, 0.6) is 0 Å². The predicted molar refractivity (Wildman–Crippen MR) is 68.9 cm³/mol. The molecule has 100 valence electrons. The lowest BCUT2D eigenvalue weighted by Crippen LogP contribution is -2.16. The van der Waals surface area contributed by atoms with Crippen LogP contribution in [0.3, 0.4) is 0 Å². The fourth-order valence-corrected chi connectivity index (χ4v) is 1.81. The van der Waals surface area contributed by atoms with Crippen LogP contribution in [0.1, 0.15) is 5.69 Å². The molecular formula is C10H11N5O3S. The number of aliphatic carboxylic acids is 1. The molecule has 9 heteroatoms. The van der Waals surface area contributed by atoms with Crippen LogP contribution in [-0.2, 0) is 16.2 Å². The first-order valence-corrected chi connectivity index (χ1v) is 6.15. The number of nitrogen functional groups attached to an aromatic ring is 1. The molecule has 8 nitrogen and oxygen atoms in total. The number of anilines is 1. The summed E-state index contributed by atoms with van der Waals surface area (Å²) < 4.78 is 1.79. The second kappa shape index (κ2) is 5.96. The Bertz CT molecular complexity index is 578. The molecule has 0 spiro atoms. The van der Waals surface area contributed by atoms with E-state index < -0.39 is 5.97 Å². The highest BCUT2D eigenvalue weighted by Gasteiger charge is 2.16. The van der Waals surface area contributed by atoms with Gasteiger partial charge < -0.3 is 20.2 Å². The summed E-state index contributed by atoms with van der Waals surface area (Å²) >= 11 is 1.14. The molecule has 0 aliphatic heterocycles. The molecule has 0 bridgehead atoms. The van der Waals surface area contributed by atoms with Crippen LogP contribution >= 0.6 is 11.3 Å². The van der Waals surface area contributed by atoms with Gasteiger partial charge in [-0.15, -0.1) is 11.3 Å². The minimum Gasteiger partial charge on any atom is -0.476 e. The Hall–Kier alpha value is -2.42. The van der Waals surface area contributed by atoms with Crippen LogP contribution in [0.15, 0.2) is 29.3 Å². The highest BCUT2D eigenvalue weighted by molar-refractivity contribution is 7.13. The Kier molecular flexibility index (Phi) is 4.08. The lowest BCUT2D eigenvalue weighted by atomic mass is 10.3. The van der Waals surface area contributed by atoms with Crippen molar-refractivity contribution in [2.75, 3.05) is 12.3 Å². The minimum absolute atomic E-state index is 0.192. The largest absolute Gasteiger partial charge is 0.476 e. The van der Waals surface area contributed by atoms with Gasteiger partial charge in [0.15, 0.2) is 5.13 Å². The number of hydrogen-bond acceptors (Lipinski definition) is 7. The number of rotatable bonds is 6. The van der Waals surface area contributed by atoms with Crippen molar-refractivity contribution in [3.8, 4) is 0 Å². The van der Waals surface area contributed by atoms with E-state index in [2.05, 4.69) is 15.1 Å². The van der Waals surface area contributed by atoms with E-state index in [0.717, 1.165) is 11.3 Å². The maximum atomic E-state index is 11.0. The molecule has 0 saturated heterocycles. The molecule has 3 N–H and O–H groups in total. The number of oxime groups is 1. The second-order valence-corrected chi connectivity index (χ2v) is 4.34. The maximum Gasteiger partial charge on any atom is 0.360 e. The molecular weight excluding hydrogens is 270 g/mol. The normalized spacial score (nSPS) is 11.5. The zero-order valence-corrected chi connectivity index (χ0v) is 10.6. The third kappa shape index (κ3) is 3.52. The molecule has 0 amide bonds. The average molecular weight is 281 g/mol. The van der Waals surface area contributed by atoms with Gasteiger partial charge in [0.25, 0.3) is 0 Å². The molecule has 0 aliphatic carbocycles. The van der Waals surface area contributed by atoms with Crippen LogP contribution in [0, 0.1) is 0 Å². The summed E-state index contributed by atoms with van der Waals surface area (Å²) in [4.78, 5) is 23.7. The van der Waals surface area contributed by atoms with Gasteiger partial charge >= 0.3 is 5.97 Å². The molecule has 0 unspecified atom stereocenters. The van der Waals surface area contributed by atoms with Crippen molar-refractivity contribution in [1.82, 2.24) is 14.5 Å². The lowest BCUT2D eigenvalue weighted by Gasteiger charge is -2.01. The molecule has 2 rings (SSSR count). The van der Waals surface area contributed by atoms with Gasteiger partial charge in [-0.2, -0.15) is 0 Å². The monoisotopic (exact) mass is 281 g/mol. The van der Waals surface area contributed by atoms with Crippen molar-refractivity contribution in [2.24, 2.45) is 5.16 Å². The maximum absolute atomic E-state index is 11.0. The van der Waals surface area contributed by atoms with Crippen molar-refractivity contribution in [3.63, 3.8) is 0 Å². The molecule has 0 radical (unpaired) electrons. The Morgan fingerprint density at radius 3 is 3.05 bits per heavy atom. The van der Waals surface area contributed by atoms with Gasteiger partial charge in [0.05, 0.1) is 12.9 Å². The standard InChI is InChI=1S/C10H11N5O3S/c11-10-13-7(5-19-10)8(9(16)17)14-18-4-3-15-2-1-12-6-15/h1-2,5-6H,3-4H2,(H2,11,13)(H,16,17)/b14-8-. The van der Waals surface area contributed by atoms with E-state index in [1.807, 2.05) is 0 Å². The van der Waals surface area contributed by atoms with Gasteiger partial charge in [0.1, 0.15) is 12.3 Å². The topological polar surface area (TPSA) is 116 Å². The van der Waals surface area contributed by atoms with Gasteiger partial charge in [0.2, 0.25) is 5.71 Å². The summed E-state index contributed by atoms with van der Waals surface area (Å²) in [6.45, 7) is 0.752. The number of aromatic nitrogens is 3. The van der Waals surface area contributed by atoms with Gasteiger partial charge in [0, 0.05) is 17.8 Å². The number of imidazole rings is 1. The van der Waals surface area contributed by atoms with E-state index in [1.54, 1.807) is 23.3 Å². The van der Waals surface area contributed by atoms with Crippen LogP contribution in [0.25, 0.3) is 0 Å². The lowest BCUT2D eigenvalue weighted by molar-refractivity contribution is -0.129. The van der Waals surface area contributed by atoms with Gasteiger partial charge in [-0.3, -0.25) is 0 Å². The summed E-state index contributed by atoms with van der Waals surface area (Å²) in [7, 11) is 0. The predicted octanol–water partition coefficient (Wildman–Crippen LogP) is 0.427. The number of nitrogens with two attached hydrogens (primary N) is 1. The van der Waals surface area contributed by atoms with Gasteiger partial charge in [-0.1, -0.05) is 5.16 Å². The molecule has 2 heterocycles. The van der Waals surface area contributed by atoms with Crippen molar-refractivity contribution in [3.05, 3.63) is 29.8 Å². The molecule has 0 aromatic carbocycles. The number of thiazole rings is 1. The molecule has 2 aromatic rings. The molecule has 0 fully saturated rings. The van der Waals surface area contributed by atoms with Crippen LogP contribution in [0.4, 0.5) is 5.13 Å². The SMILES string of the molecule is Nc1nc(/C(=N/OCCn2ccnc2)C(=O)O)cs1. The Morgan fingerprint density at radius 2 is 2.47 bits per heavy atom. The van der Waals surface area contributed by atoms with Crippen LogP contribution in [-0.4, -0.2) is 37.9 Å². The van der Waals surface area contributed by atoms with Gasteiger partial charge in [-0.25, -0.2) is 14.8 Å². The summed E-state index contributed by atoms with van der Waals surface area (Å²) in [5.74, 6) is -1.21. The van der Waals surface area contributed by atoms with Crippen molar-refractivity contribution < 1.29 is 14.7 Å². The van der Waals surface area contributed by atoms with Crippen LogP contribution in [0.2, 0.25) is 0 Å². The molecule has 0 saturated carbocycles. The van der Waals surface area contributed by atoms with E-state index >= 15 is 0 Å². The third-order valence-corrected chi connectivity index (χ3v) is 2.80. The smallest absolute Gasteiger partial charge is 0.360 e. The summed E-state index contributed by atoms with van der Waals surface area (Å²) in [6, 6.07) is 0. The first-order chi connectivity index (χ1) is 9.16. The zero-order valence-electron chi connectivity index (χ0n) is 9.76. The van der Waals surface area contributed by atoms with Crippen molar-refractivity contribution in [2.45, 2.75) is 6.54 Å². The van der Waals surface area contributed by atoms with E-state index in [0.29, 0.717) is 6.54 Å².